The van der Waals surface area contributed by atoms with Crippen LogP contribution in [0.2, 0.25) is 0 Å². The molecule has 30 heavy (non-hydrogen) atoms. The quantitative estimate of drug-likeness (QED) is 0.498. The summed E-state index contributed by atoms with van der Waals surface area (Å²) in [5.41, 5.74) is 2.18. The molecule has 0 aromatic carbocycles. The van der Waals surface area contributed by atoms with Crippen molar-refractivity contribution in [1.82, 2.24) is 19.8 Å². The molecule has 0 radical (unpaired) electrons. The van der Waals surface area contributed by atoms with Crippen LogP contribution in [0.3, 0.4) is 0 Å². The zero-order valence-electron chi connectivity index (χ0n) is 17.9. The molecule has 0 atom stereocenters. The molecule has 2 fully saturated rings. The summed E-state index contributed by atoms with van der Waals surface area (Å²) in [5, 5.41) is 3.93. The molecule has 1 N–H and O–H groups in total. The molecule has 1 amide bonds. The van der Waals surface area contributed by atoms with Crippen molar-refractivity contribution >= 4 is 17.7 Å². The number of ether oxygens (including phenoxy) is 1. The van der Waals surface area contributed by atoms with Crippen molar-refractivity contribution in [2.75, 3.05) is 38.6 Å². The monoisotopic (exact) mass is 434 g/mol. The number of hydrogen-bond donors (Lipinski definition) is 1. The first kappa shape index (κ1) is 21.8. The molecule has 1 saturated carbocycles. The molecular weight excluding hydrogens is 400 g/mol. The minimum absolute atomic E-state index is 0.0649. The molecule has 0 bridgehead atoms. The van der Waals surface area contributed by atoms with Gasteiger partial charge in [-0.15, -0.1) is 0 Å². The highest BCUT2D eigenvalue weighted by Crippen LogP contribution is 2.29. The number of hydrogen-bond acceptors (Lipinski definition) is 6. The second-order valence-electron chi connectivity index (χ2n) is 8.63. The van der Waals surface area contributed by atoms with Gasteiger partial charge in [0, 0.05) is 43.5 Å². The van der Waals surface area contributed by atoms with Gasteiger partial charge < -0.3 is 10.1 Å². The van der Waals surface area contributed by atoms with E-state index in [1.54, 1.807) is 0 Å². The lowest BCUT2D eigenvalue weighted by atomic mass is 9.95. The van der Waals surface area contributed by atoms with Gasteiger partial charge in [0.25, 0.3) is 0 Å². The van der Waals surface area contributed by atoms with E-state index in [-0.39, 0.29) is 11.6 Å². The molecule has 1 aromatic rings. The largest absolute Gasteiger partial charge is 0.379 e. The minimum Gasteiger partial charge on any atom is -0.379 e. The molecule has 166 valence electrons. The maximum Gasteiger partial charge on any atom is 0.348 e. The fourth-order valence-corrected chi connectivity index (χ4v) is 5.75. The summed E-state index contributed by atoms with van der Waals surface area (Å²) in [5.74, 6) is 0.409. The SMILES string of the molecule is O=C(CSc1nc(=O)n(CCCN2CCOCC2)c2c1CCC2)NC1CCCCC1. The number of thioether (sulfide) groups is 1. The number of morpholine rings is 1. The molecule has 4 rings (SSSR count). The number of fused-ring (bicyclic) bond motifs is 1. The molecule has 7 nitrogen and oxygen atoms in total. The van der Waals surface area contributed by atoms with Gasteiger partial charge in [0.15, 0.2) is 0 Å². The summed E-state index contributed by atoms with van der Waals surface area (Å²) < 4.78 is 7.29. The van der Waals surface area contributed by atoms with Crippen LogP contribution in [0.15, 0.2) is 9.82 Å². The molecule has 1 aromatic heterocycles. The zero-order valence-corrected chi connectivity index (χ0v) is 18.7. The first-order valence-corrected chi connectivity index (χ1v) is 12.5. The van der Waals surface area contributed by atoms with Crippen LogP contribution in [0.5, 0.6) is 0 Å². The Morgan fingerprint density at radius 1 is 1.10 bits per heavy atom. The van der Waals surface area contributed by atoms with Crippen molar-refractivity contribution in [2.45, 2.75) is 75.4 Å². The van der Waals surface area contributed by atoms with E-state index in [4.69, 9.17) is 4.74 Å². The fraction of sp³-hybridized carbons (Fsp3) is 0.773. The fourth-order valence-electron chi connectivity index (χ4n) is 4.86. The number of aromatic nitrogens is 2. The lowest BCUT2D eigenvalue weighted by molar-refractivity contribution is -0.119. The molecule has 2 aliphatic carbocycles. The van der Waals surface area contributed by atoms with Crippen LogP contribution in [-0.4, -0.2) is 65.0 Å². The molecule has 2 heterocycles. The highest BCUT2D eigenvalue weighted by molar-refractivity contribution is 7.99. The van der Waals surface area contributed by atoms with Crippen molar-refractivity contribution in [3.8, 4) is 0 Å². The summed E-state index contributed by atoms with van der Waals surface area (Å²) >= 11 is 1.43. The molecule has 1 aliphatic heterocycles. The van der Waals surface area contributed by atoms with E-state index in [0.29, 0.717) is 11.8 Å². The maximum absolute atomic E-state index is 12.7. The predicted octanol–water partition coefficient (Wildman–Crippen LogP) is 2.00. The van der Waals surface area contributed by atoms with Gasteiger partial charge in [-0.3, -0.25) is 14.3 Å². The normalized spacial score (nSPS) is 20.3. The molecule has 1 saturated heterocycles. The van der Waals surface area contributed by atoms with Crippen LogP contribution >= 0.6 is 11.8 Å². The van der Waals surface area contributed by atoms with Gasteiger partial charge in [-0.1, -0.05) is 31.0 Å². The van der Waals surface area contributed by atoms with Gasteiger partial charge in [-0.05, 0) is 38.5 Å². The summed E-state index contributed by atoms with van der Waals surface area (Å²) in [6.07, 6.45) is 9.77. The van der Waals surface area contributed by atoms with E-state index in [1.807, 2.05) is 4.57 Å². The van der Waals surface area contributed by atoms with Crippen LogP contribution in [0.25, 0.3) is 0 Å². The predicted molar refractivity (Wildman–Crippen MR) is 118 cm³/mol. The first-order valence-electron chi connectivity index (χ1n) is 11.6. The summed E-state index contributed by atoms with van der Waals surface area (Å²) in [4.78, 5) is 31.9. The van der Waals surface area contributed by atoms with Gasteiger partial charge in [-0.2, -0.15) is 4.98 Å². The van der Waals surface area contributed by atoms with Crippen LogP contribution < -0.4 is 11.0 Å². The molecule has 3 aliphatic rings. The summed E-state index contributed by atoms with van der Waals surface area (Å²) in [7, 11) is 0. The number of amides is 1. The highest BCUT2D eigenvalue weighted by Gasteiger charge is 2.23. The molecular formula is C22H34N4O3S. The van der Waals surface area contributed by atoms with Crippen molar-refractivity contribution in [1.29, 1.82) is 0 Å². The standard InChI is InChI=1S/C22H34N4O3S/c27-20(23-17-6-2-1-3-7-17)16-30-21-18-8-4-9-19(18)26(22(28)24-21)11-5-10-25-12-14-29-15-13-25/h17H,1-16H2,(H,23,27). The van der Waals surface area contributed by atoms with E-state index in [9.17, 15) is 9.59 Å². The third-order valence-corrected chi connectivity index (χ3v) is 7.49. The second kappa shape index (κ2) is 10.8. The topological polar surface area (TPSA) is 76.5 Å². The molecule has 8 heteroatoms. The first-order chi connectivity index (χ1) is 14.7. The Morgan fingerprint density at radius 2 is 1.90 bits per heavy atom. The van der Waals surface area contributed by atoms with Crippen molar-refractivity contribution < 1.29 is 9.53 Å². The van der Waals surface area contributed by atoms with Gasteiger partial charge in [-0.25, -0.2) is 4.79 Å². The van der Waals surface area contributed by atoms with Crippen LogP contribution in [0.1, 0.15) is 56.2 Å². The van der Waals surface area contributed by atoms with Crippen LogP contribution in [0.4, 0.5) is 0 Å². The van der Waals surface area contributed by atoms with Crippen LogP contribution in [-0.2, 0) is 28.9 Å². The smallest absolute Gasteiger partial charge is 0.348 e. The third kappa shape index (κ3) is 5.65. The minimum atomic E-state index is -0.159. The number of rotatable bonds is 8. The number of carbonyl (C=O) groups is 1. The average molecular weight is 435 g/mol. The highest BCUT2D eigenvalue weighted by atomic mass is 32.2. The zero-order chi connectivity index (χ0) is 20.8. The lowest BCUT2D eigenvalue weighted by Gasteiger charge is -2.26. The average Bonchev–Trinajstić information content (AvgIpc) is 3.25. The van der Waals surface area contributed by atoms with Gasteiger partial charge in [0.1, 0.15) is 5.03 Å². The van der Waals surface area contributed by atoms with E-state index < -0.39 is 0 Å². The lowest BCUT2D eigenvalue weighted by Crippen LogP contribution is -2.38. The summed E-state index contributed by atoms with van der Waals surface area (Å²) in [6, 6.07) is 0.324. The Balaban J connectivity index is 1.34. The Kier molecular flexibility index (Phi) is 7.84. The number of nitrogens with one attached hydrogen (secondary N) is 1. The Hall–Kier alpha value is -1.38. The van der Waals surface area contributed by atoms with E-state index in [2.05, 4.69) is 15.2 Å². The Morgan fingerprint density at radius 3 is 2.70 bits per heavy atom. The van der Waals surface area contributed by atoms with Crippen LogP contribution in [0, 0.1) is 0 Å². The second-order valence-corrected chi connectivity index (χ2v) is 9.59. The Bertz CT molecular complexity index is 785. The third-order valence-electron chi connectivity index (χ3n) is 6.47. The van der Waals surface area contributed by atoms with E-state index in [0.717, 1.165) is 88.6 Å². The van der Waals surface area contributed by atoms with E-state index in [1.165, 1.54) is 36.6 Å². The molecule has 0 unspecified atom stereocenters. The Labute approximate surface area is 183 Å². The van der Waals surface area contributed by atoms with Gasteiger partial charge in [0.2, 0.25) is 5.91 Å². The van der Waals surface area contributed by atoms with Crippen molar-refractivity contribution in [3.05, 3.63) is 21.7 Å². The van der Waals surface area contributed by atoms with Gasteiger partial charge in [0.05, 0.1) is 19.0 Å². The molecule has 0 spiro atoms. The summed E-state index contributed by atoms with van der Waals surface area (Å²) in [6.45, 7) is 5.27. The number of nitrogens with zero attached hydrogens (tertiary/aromatic N) is 3. The maximum atomic E-state index is 12.7. The van der Waals surface area contributed by atoms with Gasteiger partial charge >= 0.3 is 5.69 Å². The van der Waals surface area contributed by atoms with Crippen molar-refractivity contribution in [3.63, 3.8) is 0 Å². The van der Waals surface area contributed by atoms with Crippen molar-refractivity contribution in [2.24, 2.45) is 0 Å². The van der Waals surface area contributed by atoms with E-state index >= 15 is 0 Å². The number of carbonyl (C=O) groups excluding carboxylic acids is 1.